The van der Waals surface area contributed by atoms with Gasteiger partial charge in [0.05, 0.1) is 10.5 Å². The summed E-state index contributed by atoms with van der Waals surface area (Å²) in [5, 5.41) is 0. The van der Waals surface area contributed by atoms with E-state index < -0.39 is 16.0 Å². The molecule has 8 heteroatoms. The molecule has 138 valence electrons. The maximum atomic E-state index is 12.2. The molecule has 0 aromatic heterocycles. The van der Waals surface area contributed by atoms with E-state index in [4.69, 9.17) is 4.74 Å². The topological polar surface area (TPSA) is 92.8 Å². The van der Waals surface area contributed by atoms with Gasteiger partial charge in [-0.05, 0) is 38.1 Å². The first-order chi connectivity index (χ1) is 11.9. The number of likely N-dealkylation sites (tertiary alicyclic amines) is 1. The number of rotatable bonds is 5. The van der Waals surface area contributed by atoms with Crippen molar-refractivity contribution < 1.29 is 22.7 Å². The molecule has 1 heterocycles. The van der Waals surface area contributed by atoms with E-state index in [9.17, 15) is 18.0 Å². The van der Waals surface area contributed by atoms with Gasteiger partial charge in [0, 0.05) is 13.1 Å². The molecular weight excluding hydrogens is 344 g/mol. The second kappa shape index (κ2) is 8.96. The third-order valence-electron chi connectivity index (χ3n) is 4.18. The number of carbonyl (C=O) groups is 2. The van der Waals surface area contributed by atoms with E-state index in [0.717, 1.165) is 25.7 Å². The van der Waals surface area contributed by atoms with E-state index in [1.807, 2.05) is 0 Å². The Bertz CT molecular complexity index is 710. The highest BCUT2D eigenvalue weighted by molar-refractivity contribution is 7.89. The molecule has 0 aliphatic carbocycles. The molecule has 0 radical (unpaired) electrons. The van der Waals surface area contributed by atoms with Crippen molar-refractivity contribution >= 4 is 21.9 Å². The van der Waals surface area contributed by atoms with E-state index in [2.05, 4.69) is 4.72 Å². The highest BCUT2D eigenvalue weighted by atomic mass is 32.2. The summed E-state index contributed by atoms with van der Waals surface area (Å²) in [5.74, 6) is -0.928. The Labute approximate surface area is 148 Å². The van der Waals surface area contributed by atoms with Crippen LogP contribution in [0.25, 0.3) is 0 Å². The van der Waals surface area contributed by atoms with E-state index in [-0.39, 0.29) is 23.0 Å². The number of sulfonamides is 1. The van der Waals surface area contributed by atoms with Crippen molar-refractivity contribution in [2.24, 2.45) is 0 Å². The molecule has 1 fully saturated rings. The molecule has 0 unspecified atom stereocenters. The minimum absolute atomic E-state index is 0.0282. The van der Waals surface area contributed by atoms with Crippen molar-refractivity contribution in [1.82, 2.24) is 9.62 Å². The molecule has 0 atom stereocenters. The van der Waals surface area contributed by atoms with Crippen molar-refractivity contribution in [3.63, 3.8) is 0 Å². The number of benzene rings is 1. The molecule has 1 aliphatic heterocycles. The number of hydrogen-bond donors (Lipinski definition) is 1. The molecule has 0 spiro atoms. The van der Waals surface area contributed by atoms with E-state index in [0.29, 0.717) is 13.1 Å². The molecule has 1 aromatic carbocycles. The van der Waals surface area contributed by atoms with Gasteiger partial charge in [0.2, 0.25) is 10.0 Å². The highest BCUT2D eigenvalue weighted by Crippen LogP contribution is 2.13. The first-order valence-corrected chi connectivity index (χ1v) is 9.91. The average molecular weight is 368 g/mol. The van der Waals surface area contributed by atoms with Crippen LogP contribution in [0.15, 0.2) is 29.2 Å². The van der Waals surface area contributed by atoms with E-state index >= 15 is 0 Å². The Hall–Kier alpha value is -1.93. The Kier molecular flexibility index (Phi) is 6.95. The quantitative estimate of drug-likeness (QED) is 0.796. The number of amides is 1. The lowest BCUT2D eigenvalue weighted by Crippen LogP contribution is -2.36. The van der Waals surface area contributed by atoms with E-state index in [1.54, 1.807) is 4.90 Å². The monoisotopic (exact) mass is 368 g/mol. The zero-order chi connectivity index (χ0) is 18.3. The van der Waals surface area contributed by atoms with Gasteiger partial charge in [-0.15, -0.1) is 0 Å². The Morgan fingerprint density at radius 2 is 1.76 bits per heavy atom. The van der Waals surface area contributed by atoms with Crippen LogP contribution >= 0.6 is 0 Å². The van der Waals surface area contributed by atoms with Crippen molar-refractivity contribution in [1.29, 1.82) is 0 Å². The lowest BCUT2D eigenvalue weighted by atomic mass is 10.1. The predicted octanol–water partition coefficient (Wildman–Crippen LogP) is 1.54. The van der Waals surface area contributed by atoms with Crippen molar-refractivity contribution in [2.45, 2.75) is 37.0 Å². The van der Waals surface area contributed by atoms with Gasteiger partial charge in [0.1, 0.15) is 0 Å². The maximum Gasteiger partial charge on any atom is 0.338 e. The second-order valence-electron chi connectivity index (χ2n) is 5.96. The molecule has 1 amide bonds. The van der Waals surface area contributed by atoms with Gasteiger partial charge < -0.3 is 9.64 Å². The summed E-state index contributed by atoms with van der Waals surface area (Å²) in [6, 6.07) is 5.53. The van der Waals surface area contributed by atoms with Gasteiger partial charge in [-0.3, -0.25) is 4.79 Å². The van der Waals surface area contributed by atoms with Crippen molar-refractivity contribution in [2.75, 3.05) is 26.7 Å². The predicted molar refractivity (Wildman–Crippen MR) is 92.6 cm³/mol. The molecule has 25 heavy (non-hydrogen) atoms. The summed E-state index contributed by atoms with van der Waals surface area (Å²) >= 11 is 0. The molecule has 1 aromatic rings. The highest BCUT2D eigenvalue weighted by Gasteiger charge is 2.19. The van der Waals surface area contributed by atoms with Gasteiger partial charge in [-0.1, -0.05) is 25.3 Å². The Morgan fingerprint density at radius 3 is 2.40 bits per heavy atom. The van der Waals surface area contributed by atoms with Crippen LogP contribution in [0.1, 0.15) is 42.5 Å². The van der Waals surface area contributed by atoms with E-state index in [1.165, 1.54) is 37.7 Å². The summed E-state index contributed by atoms with van der Waals surface area (Å²) in [7, 11) is -2.35. The van der Waals surface area contributed by atoms with Crippen molar-refractivity contribution in [3.05, 3.63) is 29.8 Å². The van der Waals surface area contributed by atoms with Gasteiger partial charge in [0.25, 0.3) is 5.91 Å². The largest absolute Gasteiger partial charge is 0.452 e. The van der Waals surface area contributed by atoms with Crippen LogP contribution in [0.3, 0.4) is 0 Å². The van der Waals surface area contributed by atoms with Gasteiger partial charge in [-0.2, -0.15) is 0 Å². The number of hydrogen-bond acceptors (Lipinski definition) is 5. The standard InChI is InChI=1S/C17H24N2O5S/c1-18-25(22,23)15-9-7-8-14(12-15)17(21)24-13-16(20)19-10-5-3-2-4-6-11-19/h7-9,12,18H,2-6,10-11,13H2,1H3. The molecule has 7 nitrogen and oxygen atoms in total. The molecule has 1 N–H and O–H groups in total. The van der Waals surface area contributed by atoms with Crippen LogP contribution in [0.5, 0.6) is 0 Å². The zero-order valence-electron chi connectivity index (χ0n) is 14.4. The van der Waals surface area contributed by atoms with Gasteiger partial charge in [0.15, 0.2) is 6.61 Å². The average Bonchev–Trinajstić information content (AvgIpc) is 2.59. The van der Waals surface area contributed by atoms with Crippen LogP contribution in [-0.2, 0) is 19.6 Å². The summed E-state index contributed by atoms with van der Waals surface area (Å²) in [6.45, 7) is 1.04. The summed E-state index contributed by atoms with van der Waals surface area (Å²) in [6.07, 6.45) is 5.34. The van der Waals surface area contributed by atoms with Crippen LogP contribution in [0, 0.1) is 0 Å². The maximum absolute atomic E-state index is 12.2. The first kappa shape index (κ1) is 19.4. The first-order valence-electron chi connectivity index (χ1n) is 8.42. The number of carbonyl (C=O) groups excluding carboxylic acids is 2. The SMILES string of the molecule is CNS(=O)(=O)c1cccc(C(=O)OCC(=O)N2CCCCCCC2)c1. The molecular formula is C17H24N2O5S. The number of esters is 1. The molecule has 1 aliphatic rings. The zero-order valence-corrected chi connectivity index (χ0v) is 15.2. The smallest absolute Gasteiger partial charge is 0.338 e. The normalized spacial score (nSPS) is 16.0. The Balaban J connectivity index is 1.95. The lowest BCUT2D eigenvalue weighted by Gasteiger charge is -2.24. The van der Waals surface area contributed by atoms with Crippen LogP contribution in [0.4, 0.5) is 0 Å². The summed E-state index contributed by atoms with van der Waals surface area (Å²) in [5.41, 5.74) is 0.0943. The minimum Gasteiger partial charge on any atom is -0.452 e. The van der Waals surface area contributed by atoms with Gasteiger partial charge in [-0.25, -0.2) is 17.9 Å². The van der Waals surface area contributed by atoms with Gasteiger partial charge >= 0.3 is 5.97 Å². The fourth-order valence-corrected chi connectivity index (χ4v) is 3.48. The molecule has 0 saturated carbocycles. The fourth-order valence-electron chi connectivity index (χ4n) is 2.71. The third-order valence-corrected chi connectivity index (χ3v) is 5.60. The summed E-state index contributed by atoms with van der Waals surface area (Å²) in [4.78, 5) is 26.0. The number of nitrogens with zero attached hydrogens (tertiary/aromatic N) is 1. The van der Waals surface area contributed by atoms with Crippen LogP contribution in [-0.4, -0.2) is 51.9 Å². The second-order valence-corrected chi connectivity index (χ2v) is 7.85. The molecule has 2 rings (SSSR count). The Morgan fingerprint density at radius 1 is 1.12 bits per heavy atom. The molecule has 1 saturated heterocycles. The van der Waals surface area contributed by atoms with Crippen molar-refractivity contribution in [3.8, 4) is 0 Å². The fraction of sp³-hybridized carbons (Fsp3) is 0.529. The molecule has 0 bridgehead atoms. The minimum atomic E-state index is -3.64. The lowest BCUT2D eigenvalue weighted by molar-refractivity contribution is -0.134. The third kappa shape index (κ3) is 5.54. The number of ether oxygens (including phenoxy) is 1. The summed E-state index contributed by atoms with van der Waals surface area (Å²) < 4.78 is 30.8. The van der Waals surface area contributed by atoms with Crippen LogP contribution < -0.4 is 4.72 Å². The van der Waals surface area contributed by atoms with Crippen LogP contribution in [0.2, 0.25) is 0 Å². The number of nitrogens with one attached hydrogen (secondary N) is 1.